The van der Waals surface area contributed by atoms with Crippen LogP contribution in [0, 0.1) is 30.9 Å². The zero-order chi connectivity index (χ0) is 16.0. The van der Waals surface area contributed by atoms with Crippen LogP contribution in [0.3, 0.4) is 0 Å². The van der Waals surface area contributed by atoms with Gasteiger partial charge in [-0.25, -0.2) is 4.98 Å². The number of nitro groups is 1. The summed E-state index contributed by atoms with van der Waals surface area (Å²) in [5.74, 6) is 0. The summed E-state index contributed by atoms with van der Waals surface area (Å²) >= 11 is 3.50. The maximum absolute atomic E-state index is 11.2. The van der Waals surface area contributed by atoms with Gasteiger partial charge in [-0.1, -0.05) is 12.1 Å². The van der Waals surface area contributed by atoms with Crippen LogP contribution in [-0.4, -0.2) is 14.9 Å². The molecule has 0 fully saturated rings. The van der Waals surface area contributed by atoms with E-state index in [0.29, 0.717) is 5.56 Å². The Bertz CT molecular complexity index is 915. The van der Waals surface area contributed by atoms with Crippen molar-refractivity contribution in [2.45, 2.75) is 20.8 Å². The highest BCUT2D eigenvalue weighted by Gasteiger charge is 2.18. The molecule has 2 heterocycles. The van der Waals surface area contributed by atoms with Crippen LogP contribution in [0.25, 0.3) is 22.2 Å². The zero-order valence-electron chi connectivity index (χ0n) is 12.4. The van der Waals surface area contributed by atoms with Crippen LogP contribution in [0.5, 0.6) is 0 Å². The molecule has 0 aliphatic rings. The summed E-state index contributed by atoms with van der Waals surface area (Å²) < 4.78 is 0.918. The Labute approximate surface area is 135 Å². The van der Waals surface area contributed by atoms with Crippen molar-refractivity contribution in [3.8, 4) is 11.1 Å². The van der Waals surface area contributed by atoms with Gasteiger partial charge in [0.25, 0.3) is 5.69 Å². The Hall–Kier alpha value is -2.21. The molecule has 0 atom stereocenters. The summed E-state index contributed by atoms with van der Waals surface area (Å²) in [7, 11) is 0. The molecule has 0 aliphatic carbocycles. The Morgan fingerprint density at radius 3 is 2.68 bits per heavy atom. The molecule has 0 unspecified atom stereocenters. The third kappa shape index (κ3) is 2.20. The zero-order valence-corrected chi connectivity index (χ0v) is 14.0. The summed E-state index contributed by atoms with van der Waals surface area (Å²) in [6.07, 6.45) is 1.76. The van der Waals surface area contributed by atoms with E-state index >= 15 is 0 Å². The molecule has 2 aromatic heterocycles. The molecule has 0 spiro atoms. The van der Waals surface area contributed by atoms with E-state index in [4.69, 9.17) is 0 Å². The molecule has 1 aromatic carbocycles. The number of nitro benzene ring substituents is 1. The van der Waals surface area contributed by atoms with Gasteiger partial charge in [-0.05, 0) is 47.8 Å². The van der Waals surface area contributed by atoms with Crippen molar-refractivity contribution in [2.75, 3.05) is 0 Å². The second kappa shape index (κ2) is 5.21. The largest absolute Gasteiger partial charge is 0.343 e. The molecule has 6 heteroatoms. The van der Waals surface area contributed by atoms with Crippen LogP contribution in [-0.2, 0) is 0 Å². The number of fused-ring (bicyclic) bond motifs is 1. The topological polar surface area (TPSA) is 71.8 Å². The second-order valence-electron chi connectivity index (χ2n) is 5.34. The third-order valence-corrected chi connectivity index (χ3v) is 4.70. The number of nitrogens with zero attached hydrogens (tertiary/aromatic N) is 2. The fourth-order valence-corrected chi connectivity index (χ4v) is 3.03. The van der Waals surface area contributed by atoms with Gasteiger partial charge in [-0.3, -0.25) is 10.1 Å². The molecule has 0 bridgehead atoms. The predicted molar refractivity (Wildman–Crippen MR) is 90.1 cm³/mol. The quantitative estimate of drug-likeness (QED) is 0.526. The van der Waals surface area contributed by atoms with Crippen LogP contribution >= 0.6 is 15.9 Å². The highest BCUT2D eigenvalue weighted by molar-refractivity contribution is 9.10. The standard InChI is InChI=1S/C16H14BrN3O2/c1-8-4-5-11(6-13(8)20(21)22)15-10(3)19-16-14(15)9(2)12(17)7-18-16/h4-7H,1-3H3,(H,18,19). The Morgan fingerprint density at radius 1 is 1.27 bits per heavy atom. The Morgan fingerprint density at radius 2 is 2.00 bits per heavy atom. The average molecular weight is 360 g/mol. The predicted octanol–water partition coefficient (Wildman–Crippen LogP) is 4.83. The van der Waals surface area contributed by atoms with Crippen molar-refractivity contribution in [2.24, 2.45) is 0 Å². The van der Waals surface area contributed by atoms with Gasteiger partial charge in [0.15, 0.2) is 0 Å². The van der Waals surface area contributed by atoms with Crippen molar-refractivity contribution >= 4 is 32.7 Å². The second-order valence-corrected chi connectivity index (χ2v) is 6.19. The first-order chi connectivity index (χ1) is 10.4. The highest BCUT2D eigenvalue weighted by Crippen LogP contribution is 2.37. The first-order valence-electron chi connectivity index (χ1n) is 6.79. The van der Waals surface area contributed by atoms with Crippen molar-refractivity contribution < 1.29 is 4.92 Å². The molecule has 1 N–H and O–H groups in total. The number of rotatable bonds is 2. The lowest BCUT2D eigenvalue weighted by molar-refractivity contribution is -0.385. The third-order valence-electron chi connectivity index (χ3n) is 3.90. The SMILES string of the molecule is Cc1ccc(-c2c(C)[nH]c3ncc(Br)c(C)c23)cc1[N+](=O)[O-]. The van der Waals surface area contributed by atoms with Crippen molar-refractivity contribution in [3.05, 3.63) is 55.8 Å². The molecule has 5 nitrogen and oxygen atoms in total. The van der Waals surface area contributed by atoms with Crippen molar-refractivity contribution in [1.82, 2.24) is 9.97 Å². The van der Waals surface area contributed by atoms with Gasteiger partial charge < -0.3 is 4.98 Å². The van der Waals surface area contributed by atoms with Crippen molar-refractivity contribution in [3.63, 3.8) is 0 Å². The van der Waals surface area contributed by atoms with Gasteiger partial charge in [-0.2, -0.15) is 0 Å². The van der Waals surface area contributed by atoms with E-state index in [0.717, 1.165) is 37.9 Å². The number of aryl methyl sites for hydroxylation is 3. The average Bonchev–Trinajstić information content (AvgIpc) is 2.80. The van der Waals surface area contributed by atoms with Crippen LogP contribution in [0.2, 0.25) is 0 Å². The van der Waals surface area contributed by atoms with Crippen LogP contribution in [0.15, 0.2) is 28.9 Å². The molecule has 22 heavy (non-hydrogen) atoms. The van der Waals surface area contributed by atoms with E-state index < -0.39 is 0 Å². The number of benzene rings is 1. The summed E-state index contributed by atoms with van der Waals surface area (Å²) in [5.41, 5.74) is 5.37. The van der Waals surface area contributed by atoms with Gasteiger partial charge in [0, 0.05) is 38.9 Å². The number of H-pyrrole nitrogens is 1. The van der Waals surface area contributed by atoms with E-state index in [1.54, 1.807) is 25.3 Å². The molecule has 0 amide bonds. The van der Waals surface area contributed by atoms with Crippen LogP contribution in [0.4, 0.5) is 5.69 Å². The van der Waals surface area contributed by atoms with Gasteiger partial charge >= 0.3 is 0 Å². The maximum atomic E-state index is 11.2. The number of aromatic nitrogens is 2. The lowest BCUT2D eigenvalue weighted by Gasteiger charge is -2.06. The normalized spacial score (nSPS) is 11.1. The van der Waals surface area contributed by atoms with E-state index in [9.17, 15) is 10.1 Å². The molecule has 0 saturated heterocycles. The molecular weight excluding hydrogens is 346 g/mol. The molecule has 0 saturated carbocycles. The first kappa shape index (κ1) is 14.7. The number of hydrogen-bond acceptors (Lipinski definition) is 3. The summed E-state index contributed by atoms with van der Waals surface area (Å²) in [6.45, 7) is 5.71. The minimum Gasteiger partial charge on any atom is -0.343 e. The monoisotopic (exact) mass is 359 g/mol. The molecular formula is C16H14BrN3O2. The van der Waals surface area contributed by atoms with Gasteiger partial charge in [0.2, 0.25) is 0 Å². The van der Waals surface area contributed by atoms with E-state index in [2.05, 4.69) is 25.9 Å². The van der Waals surface area contributed by atoms with Gasteiger partial charge in [0.05, 0.1) is 4.92 Å². The number of nitrogens with one attached hydrogen (secondary N) is 1. The smallest absolute Gasteiger partial charge is 0.272 e. The minimum atomic E-state index is -0.343. The molecule has 0 aliphatic heterocycles. The van der Waals surface area contributed by atoms with E-state index in [-0.39, 0.29) is 10.6 Å². The summed E-state index contributed by atoms with van der Waals surface area (Å²) in [5, 5.41) is 12.2. The first-order valence-corrected chi connectivity index (χ1v) is 7.58. The minimum absolute atomic E-state index is 0.131. The Balaban J connectivity index is 2.35. The Kier molecular flexibility index (Phi) is 3.48. The van der Waals surface area contributed by atoms with Crippen molar-refractivity contribution in [1.29, 1.82) is 0 Å². The fourth-order valence-electron chi connectivity index (χ4n) is 2.73. The van der Waals surface area contributed by atoms with Gasteiger partial charge in [-0.15, -0.1) is 0 Å². The highest BCUT2D eigenvalue weighted by atomic mass is 79.9. The number of halogens is 1. The van der Waals surface area contributed by atoms with Crippen LogP contribution in [0.1, 0.15) is 16.8 Å². The van der Waals surface area contributed by atoms with Gasteiger partial charge in [0.1, 0.15) is 5.65 Å². The van der Waals surface area contributed by atoms with Crippen LogP contribution < -0.4 is 0 Å². The molecule has 0 radical (unpaired) electrons. The fraction of sp³-hybridized carbons (Fsp3) is 0.188. The number of aromatic amines is 1. The van der Waals surface area contributed by atoms with E-state index in [1.165, 1.54) is 0 Å². The molecule has 3 aromatic rings. The number of hydrogen-bond donors (Lipinski definition) is 1. The van der Waals surface area contributed by atoms with E-state index in [1.807, 2.05) is 19.9 Å². The lowest BCUT2D eigenvalue weighted by Crippen LogP contribution is -1.93. The lowest BCUT2D eigenvalue weighted by atomic mass is 9.99. The molecule has 3 rings (SSSR count). The summed E-state index contributed by atoms with van der Waals surface area (Å²) in [4.78, 5) is 18.5. The maximum Gasteiger partial charge on any atom is 0.272 e. The summed E-state index contributed by atoms with van der Waals surface area (Å²) in [6, 6.07) is 5.33. The number of pyridine rings is 1. The molecule has 112 valence electrons.